The smallest absolute Gasteiger partial charge is 0.308 e. The number of fused-ring (bicyclic) bond motifs is 3. The number of Topliss-reactive ketones (excluding diaryl/α,β-unsaturated/α-hetero) is 1. The van der Waals surface area contributed by atoms with Gasteiger partial charge in [0.15, 0.2) is 0 Å². The van der Waals surface area contributed by atoms with E-state index in [1.54, 1.807) is 18.0 Å². The van der Waals surface area contributed by atoms with Gasteiger partial charge in [0.25, 0.3) is 5.78 Å². The molecular formula is C35H32ClF3N4OS3. The van der Waals surface area contributed by atoms with Gasteiger partial charge in [-0.15, -0.1) is 23.1 Å². The van der Waals surface area contributed by atoms with Crippen LogP contribution in [0.4, 0.5) is 18.9 Å². The van der Waals surface area contributed by atoms with Crippen molar-refractivity contribution in [1.29, 1.82) is 5.26 Å². The van der Waals surface area contributed by atoms with E-state index in [1.165, 1.54) is 34.3 Å². The number of anilines is 1. The van der Waals surface area contributed by atoms with Gasteiger partial charge in [0.1, 0.15) is 11.1 Å². The summed E-state index contributed by atoms with van der Waals surface area (Å²) in [6, 6.07) is 21.4. The van der Waals surface area contributed by atoms with Crippen molar-refractivity contribution in [2.75, 3.05) is 30.2 Å². The first kappa shape index (κ1) is 33.9. The molecule has 1 fully saturated rings. The fourth-order valence-electron chi connectivity index (χ4n) is 6.12. The summed E-state index contributed by atoms with van der Waals surface area (Å²) >= 11 is 10.5. The standard InChI is InChI=1S/C35H32ClF3N4OS3/c1-3-4-15-45-34-22(19-40)18-27(33(44)35(37,38)39)32(41-34)31-12-10-25(46-31)16-21-5-11-29-26(17-21)28-20-42(2)14-13-30(28)43(29)47-24-8-6-23(36)7-9-24/h5-12,17-18,28,30H,3-4,13-16,20H2,1-2H3. The van der Waals surface area contributed by atoms with E-state index in [0.717, 1.165) is 53.8 Å². The zero-order chi connectivity index (χ0) is 33.3. The van der Waals surface area contributed by atoms with Gasteiger partial charge in [-0.05, 0) is 104 Å². The van der Waals surface area contributed by atoms with Crippen molar-refractivity contribution < 1.29 is 18.0 Å². The molecule has 0 amide bonds. The summed E-state index contributed by atoms with van der Waals surface area (Å²) in [7, 11) is 2.16. The minimum Gasteiger partial charge on any atom is -0.308 e. The maximum Gasteiger partial charge on any atom is 0.454 e. The molecule has 1 saturated heterocycles. The van der Waals surface area contributed by atoms with Crippen LogP contribution in [0.5, 0.6) is 0 Å². The fourth-order valence-corrected chi connectivity index (χ4v) is 9.47. The number of pyridine rings is 1. The number of ketones is 1. The number of carbonyl (C=O) groups is 1. The molecule has 2 unspecified atom stereocenters. The van der Waals surface area contributed by atoms with E-state index in [-0.39, 0.29) is 11.3 Å². The lowest BCUT2D eigenvalue weighted by atomic mass is 9.88. The van der Waals surface area contributed by atoms with E-state index in [4.69, 9.17) is 11.6 Å². The number of likely N-dealkylation sites (N-methyl/N-ethyl adjacent to an activating group) is 1. The van der Waals surface area contributed by atoms with Gasteiger partial charge in [0.2, 0.25) is 0 Å². The van der Waals surface area contributed by atoms with Gasteiger partial charge in [0.05, 0.1) is 33.4 Å². The minimum absolute atomic E-state index is 0.0210. The van der Waals surface area contributed by atoms with Crippen molar-refractivity contribution in [3.05, 3.63) is 92.8 Å². The molecule has 0 aliphatic carbocycles. The Morgan fingerprint density at radius 1 is 1.15 bits per heavy atom. The van der Waals surface area contributed by atoms with E-state index in [9.17, 15) is 23.2 Å². The molecule has 5 nitrogen and oxygen atoms in total. The summed E-state index contributed by atoms with van der Waals surface area (Å²) in [6.45, 7) is 4.02. The molecular weight excluding hydrogens is 681 g/mol. The number of aromatic nitrogens is 1. The van der Waals surface area contributed by atoms with Crippen LogP contribution in [0.2, 0.25) is 5.02 Å². The normalized spacial score (nSPS) is 17.8. The molecule has 6 rings (SSSR count). The quantitative estimate of drug-likeness (QED) is 0.0702. The number of alkyl halides is 3. The van der Waals surface area contributed by atoms with Crippen LogP contribution in [0.1, 0.15) is 64.0 Å². The van der Waals surface area contributed by atoms with Crippen LogP contribution < -0.4 is 4.31 Å². The van der Waals surface area contributed by atoms with E-state index in [0.29, 0.717) is 39.1 Å². The molecule has 47 heavy (non-hydrogen) atoms. The fraction of sp³-hybridized carbons (Fsp3) is 0.343. The first-order chi connectivity index (χ1) is 22.5. The molecule has 2 aliphatic rings. The van der Waals surface area contributed by atoms with Crippen LogP contribution >= 0.6 is 46.6 Å². The highest BCUT2D eigenvalue weighted by Gasteiger charge is 2.43. The van der Waals surface area contributed by atoms with Crippen molar-refractivity contribution in [2.24, 2.45) is 0 Å². The lowest BCUT2D eigenvalue weighted by Gasteiger charge is -2.36. The van der Waals surface area contributed by atoms with Crippen molar-refractivity contribution in [1.82, 2.24) is 9.88 Å². The number of hydrogen-bond acceptors (Lipinski definition) is 8. The molecule has 4 heterocycles. The molecule has 4 aromatic rings. The summed E-state index contributed by atoms with van der Waals surface area (Å²) in [5.74, 6) is -0.973. The predicted octanol–water partition coefficient (Wildman–Crippen LogP) is 9.88. The Morgan fingerprint density at radius 3 is 2.66 bits per heavy atom. The number of likely N-dealkylation sites (tertiary alicyclic amines) is 1. The number of thioether (sulfide) groups is 1. The van der Waals surface area contributed by atoms with Crippen LogP contribution in [-0.2, 0) is 6.42 Å². The van der Waals surface area contributed by atoms with Crippen molar-refractivity contribution >= 4 is 58.1 Å². The van der Waals surface area contributed by atoms with Crippen molar-refractivity contribution in [3.8, 4) is 16.6 Å². The molecule has 2 atom stereocenters. The summed E-state index contributed by atoms with van der Waals surface area (Å²) in [4.78, 5) is 21.9. The highest BCUT2D eigenvalue weighted by atomic mass is 35.5. The van der Waals surface area contributed by atoms with Crippen molar-refractivity contribution in [3.63, 3.8) is 0 Å². The highest BCUT2D eigenvalue weighted by Crippen LogP contribution is 2.50. The molecule has 0 bridgehead atoms. The number of rotatable bonds is 10. The monoisotopic (exact) mass is 712 g/mol. The number of nitriles is 1. The molecule has 2 aromatic carbocycles. The van der Waals surface area contributed by atoms with Gasteiger partial charge >= 0.3 is 6.18 Å². The first-order valence-corrected chi connectivity index (χ1v) is 18.3. The molecule has 12 heteroatoms. The van der Waals surface area contributed by atoms with E-state index in [2.05, 4.69) is 39.4 Å². The van der Waals surface area contributed by atoms with Crippen molar-refractivity contribution in [2.45, 2.75) is 60.7 Å². The zero-order valence-electron chi connectivity index (χ0n) is 25.8. The Morgan fingerprint density at radius 2 is 1.94 bits per heavy atom. The number of halogens is 4. The average molecular weight is 713 g/mol. The van der Waals surface area contributed by atoms with Gasteiger partial charge in [-0.25, -0.2) is 4.98 Å². The minimum atomic E-state index is -5.09. The SMILES string of the molecule is CCCCSc1nc(-c2ccc(Cc3ccc4c(c3)C3CN(C)CCC3N4Sc3ccc(Cl)cc3)s2)c(C(=O)C(F)(F)F)cc1C#N. The third kappa shape index (κ3) is 7.37. The van der Waals surface area contributed by atoms with Crippen LogP contribution in [0.3, 0.4) is 0 Å². The average Bonchev–Trinajstić information content (AvgIpc) is 3.63. The predicted molar refractivity (Wildman–Crippen MR) is 186 cm³/mol. The van der Waals surface area contributed by atoms with Gasteiger partial charge in [-0.1, -0.05) is 37.1 Å². The number of carbonyl (C=O) groups excluding carboxylic acids is 1. The largest absolute Gasteiger partial charge is 0.454 e. The lowest BCUT2D eigenvalue weighted by molar-refractivity contribution is -0.0885. The molecule has 0 spiro atoms. The number of unbranched alkanes of at least 4 members (excludes halogenated alkanes) is 1. The van der Waals surface area contributed by atoms with Crippen LogP contribution in [0.15, 0.2) is 70.6 Å². The van der Waals surface area contributed by atoms with Gasteiger partial charge in [0, 0.05) is 33.7 Å². The Labute approximate surface area is 290 Å². The van der Waals surface area contributed by atoms with Crippen LogP contribution in [0.25, 0.3) is 10.6 Å². The second-order valence-corrected chi connectivity index (χ2v) is 15.5. The first-order valence-electron chi connectivity index (χ1n) is 15.4. The van der Waals surface area contributed by atoms with Gasteiger partial charge < -0.3 is 9.21 Å². The molecule has 244 valence electrons. The molecule has 0 radical (unpaired) electrons. The zero-order valence-corrected chi connectivity index (χ0v) is 29.0. The van der Waals surface area contributed by atoms with E-state index in [1.807, 2.05) is 43.3 Å². The number of nitrogens with zero attached hydrogens (tertiary/aromatic N) is 4. The molecule has 0 N–H and O–H groups in total. The Hall–Kier alpha value is -3.01. The number of benzene rings is 2. The summed E-state index contributed by atoms with van der Waals surface area (Å²) in [5, 5.41) is 10.7. The van der Waals surface area contributed by atoms with E-state index < -0.39 is 17.5 Å². The maximum atomic E-state index is 13.6. The number of thiophene rings is 1. The summed E-state index contributed by atoms with van der Waals surface area (Å²) < 4.78 is 43.4. The summed E-state index contributed by atoms with van der Waals surface area (Å²) in [6.07, 6.45) is -1.65. The maximum absolute atomic E-state index is 13.6. The Balaban J connectivity index is 1.30. The second kappa shape index (κ2) is 14.2. The highest BCUT2D eigenvalue weighted by molar-refractivity contribution is 8.00. The Kier molecular flexibility index (Phi) is 10.3. The van der Waals surface area contributed by atoms with Gasteiger partial charge in [-0.3, -0.25) is 4.79 Å². The third-order valence-electron chi connectivity index (χ3n) is 8.45. The van der Waals surface area contributed by atoms with Gasteiger partial charge in [-0.2, -0.15) is 18.4 Å². The number of piperidine rings is 1. The van der Waals surface area contributed by atoms with Crippen LogP contribution in [0, 0.1) is 11.3 Å². The van der Waals surface area contributed by atoms with Crippen LogP contribution in [-0.4, -0.2) is 53.8 Å². The number of hydrogen-bond donors (Lipinski definition) is 0. The Bertz CT molecular complexity index is 1820. The second-order valence-electron chi connectivity index (χ2n) is 11.8. The topological polar surface area (TPSA) is 60.2 Å². The molecule has 2 aromatic heterocycles. The lowest BCUT2D eigenvalue weighted by Crippen LogP contribution is -2.42. The third-order valence-corrected chi connectivity index (χ3v) is 12.0. The molecule has 2 aliphatic heterocycles. The molecule has 0 saturated carbocycles. The van der Waals surface area contributed by atoms with E-state index >= 15 is 0 Å². The summed E-state index contributed by atoms with van der Waals surface area (Å²) in [5.41, 5.74) is 2.97.